The SMILES string of the molecule is CCCC(=N)c1cnc(Cl)cc1C.CCCCNC=O.CCCc1ccc(NSC)cc1OC.COC(C)(C)C. The van der Waals surface area contributed by atoms with E-state index in [1.54, 1.807) is 38.4 Å². The predicted octanol–water partition coefficient (Wildman–Crippen LogP) is 8.51. The van der Waals surface area contributed by atoms with E-state index in [1.165, 1.54) is 5.56 Å². The fourth-order valence-corrected chi connectivity index (χ4v) is 3.54. The third-order valence-corrected chi connectivity index (χ3v) is 5.95. The van der Waals surface area contributed by atoms with Crippen LogP contribution in [0.15, 0.2) is 30.5 Å². The standard InChI is InChI=1S/C11H17NOS.C10H13ClN2.C5H11NO.C5H12O/c1-4-5-9-6-7-10(12-14-3)8-11(9)13-2;1-3-4-9(12)8-6-13-10(11)5-7(8)2;1-2-3-4-6-5-7;1-5(2,3)6-4/h6-8,12H,4-5H2,1-3H3;5-6,12H,3-4H2,1-2H3;5H,2-4H2,1H3,(H,6,7);1-4H3. The Bertz CT molecular complexity index is 953. The Kier molecular flexibility index (Phi) is 24.4. The number of aryl methyl sites for hydroxylation is 2. The molecule has 0 saturated carbocycles. The summed E-state index contributed by atoms with van der Waals surface area (Å²) in [5.41, 5.74) is 4.99. The van der Waals surface area contributed by atoms with Crippen molar-refractivity contribution < 1.29 is 14.3 Å². The van der Waals surface area contributed by atoms with Gasteiger partial charge in [-0.05, 0) is 70.2 Å². The molecule has 0 bridgehead atoms. The number of carbonyl (C=O) groups is 1. The number of pyridine rings is 1. The van der Waals surface area contributed by atoms with Crippen LogP contribution < -0.4 is 14.8 Å². The molecule has 1 aromatic carbocycles. The second-order valence-corrected chi connectivity index (χ2v) is 10.9. The van der Waals surface area contributed by atoms with Crippen molar-refractivity contribution >= 4 is 41.4 Å². The van der Waals surface area contributed by atoms with Crippen LogP contribution in [-0.2, 0) is 16.0 Å². The number of unbranched alkanes of at least 4 members (excludes halogenated alkanes) is 1. The van der Waals surface area contributed by atoms with Crippen molar-refractivity contribution in [3.8, 4) is 5.75 Å². The van der Waals surface area contributed by atoms with Crippen LogP contribution in [0.2, 0.25) is 5.15 Å². The summed E-state index contributed by atoms with van der Waals surface area (Å²) in [6.45, 7) is 15.2. The van der Waals surface area contributed by atoms with Crippen LogP contribution in [-0.4, -0.2) is 49.7 Å². The fourth-order valence-electron chi connectivity index (χ4n) is 2.96. The molecule has 0 radical (unpaired) electrons. The number of anilines is 1. The fraction of sp³-hybridized carbons (Fsp3) is 0.581. The van der Waals surface area contributed by atoms with Crippen molar-refractivity contribution in [2.45, 2.75) is 92.6 Å². The van der Waals surface area contributed by atoms with Gasteiger partial charge in [-0.25, -0.2) is 4.98 Å². The quantitative estimate of drug-likeness (QED) is 0.0747. The number of hydrogen-bond acceptors (Lipinski definition) is 7. The Morgan fingerprint density at radius 3 is 2.23 bits per heavy atom. The van der Waals surface area contributed by atoms with Gasteiger partial charge in [-0.1, -0.05) is 69.6 Å². The molecule has 40 heavy (non-hydrogen) atoms. The van der Waals surface area contributed by atoms with E-state index in [9.17, 15) is 4.79 Å². The zero-order chi connectivity index (χ0) is 31.0. The number of halogens is 1. The summed E-state index contributed by atoms with van der Waals surface area (Å²) < 4.78 is 13.5. The van der Waals surface area contributed by atoms with Crippen LogP contribution >= 0.6 is 23.5 Å². The van der Waals surface area contributed by atoms with Gasteiger partial charge in [0.15, 0.2) is 0 Å². The number of ether oxygens (including phenoxy) is 2. The normalized spacial score (nSPS) is 9.97. The number of hydrogen-bond donors (Lipinski definition) is 3. The van der Waals surface area contributed by atoms with Crippen molar-refractivity contribution in [3.63, 3.8) is 0 Å². The summed E-state index contributed by atoms with van der Waals surface area (Å²) in [7, 11) is 3.43. The maximum absolute atomic E-state index is 9.57. The lowest BCUT2D eigenvalue weighted by molar-refractivity contribution is -0.109. The molecule has 1 heterocycles. The minimum atomic E-state index is 0.0417. The molecule has 0 fully saturated rings. The highest BCUT2D eigenvalue weighted by Crippen LogP contribution is 2.25. The third-order valence-electron chi connectivity index (χ3n) is 5.30. The second kappa shape index (κ2) is 24.5. The molecule has 0 unspecified atom stereocenters. The molecule has 9 heteroatoms. The number of aromatic nitrogens is 1. The zero-order valence-electron chi connectivity index (χ0n) is 26.4. The first-order chi connectivity index (χ1) is 18.9. The van der Waals surface area contributed by atoms with E-state index in [0.717, 1.165) is 74.0 Å². The van der Waals surface area contributed by atoms with Crippen molar-refractivity contribution in [1.82, 2.24) is 10.3 Å². The summed E-state index contributed by atoms with van der Waals surface area (Å²) in [5, 5.41) is 10.8. The number of amides is 1. The molecule has 1 amide bonds. The van der Waals surface area contributed by atoms with E-state index in [1.807, 2.05) is 40.0 Å². The molecular weight excluding hydrogens is 544 g/mol. The number of carbonyl (C=O) groups excluding carboxylic acids is 1. The van der Waals surface area contributed by atoms with Gasteiger partial charge in [0, 0.05) is 49.1 Å². The minimum absolute atomic E-state index is 0.0417. The predicted molar refractivity (Wildman–Crippen MR) is 176 cm³/mol. The zero-order valence-corrected chi connectivity index (χ0v) is 27.9. The Labute approximate surface area is 253 Å². The smallest absolute Gasteiger partial charge is 0.207 e. The van der Waals surface area contributed by atoms with Gasteiger partial charge in [-0.2, -0.15) is 0 Å². The summed E-state index contributed by atoms with van der Waals surface area (Å²) in [4.78, 5) is 13.5. The van der Waals surface area contributed by atoms with Crippen LogP contribution in [0.1, 0.15) is 90.3 Å². The average molecular weight is 597 g/mol. The molecule has 228 valence electrons. The summed E-state index contributed by atoms with van der Waals surface area (Å²) in [6.07, 6.45) is 10.6. The summed E-state index contributed by atoms with van der Waals surface area (Å²) in [6, 6.07) is 8.05. The topological polar surface area (TPSA) is 96.3 Å². The van der Waals surface area contributed by atoms with E-state index in [4.69, 9.17) is 26.5 Å². The van der Waals surface area contributed by atoms with Crippen LogP contribution in [0.25, 0.3) is 0 Å². The Morgan fingerprint density at radius 1 is 1.12 bits per heavy atom. The van der Waals surface area contributed by atoms with E-state index in [-0.39, 0.29) is 5.60 Å². The van der Waals surface area contributed by atoms with Crippen molar-refractivity contribution in [2.75, 3.05) is 31.7 Å². The third kappa shape index (κ3) is 20.6. The average Bonchev–Trinajstić information content (AvgIpc) is 2.91. The minimum Gasteiger partial charge on any atom is -0.496 e. The molecule has 0 spiro atoms. The van der Waals surface area contributed by atoms with Crippen LogP contribution in [0, 0.1) is 12.3 Å². The number of nitrogens with zero attached hydrogens (tertiary/aromatic N) is 1. The van der Waals surface area contributed by atoms with Crippen LogP contribution in [0.4, 0.5) is 5.69 Å². The van der Waals surface area contributed by atoms with Crippen molar-refractivity contribution in [1.29, 1.82) is 5.41 Å². The molecule has 0 atom stereocenters. The lowest BCUT2D eigenvalue weighted by Gasteiger charge is -2.14. The van der Waals surface area contributed by atoms with Gasteiger partial charge < -0.3 is 24.9 Å². The first kappa shape index (κ1) is 39.9. The molecule has 1 aromatic heterocycles. The Balaban J connectivity index is 0. The van der Waals surface area contributed by atoms with Gasteiger partial charge in [-0.15, -0.1) is 0 Å². The highest BCUT2D eigenvalue weighted by atomic mass is 35.5. The lowest BCUT2D eigenvalue weighted by Crippen LogP contribution is -2.15. The Morgan fingerprint density at radius 2 is 1.77 bits per heavy atom. The van der Waals surface area contributed by atoms with Crippen LogP contribution in [0.3, 0.4) is 0 Å². The first-order valence-corrected chi connectivity index (χ1v) is 15.4. The molecule has 2 aromatic rings. The highest BCUT2D eigenvalue weighted by molar-refractivity contribution is 7.99. The number of rotatable bonds is 12. The molecule has 2 rings (SSSR count). The molecule has 0 aliphatic heterocycles. The molecule has 0 aliphatic rings. The molecular formula is C31H53ClN4O3S. The van der Waals surface area contributed by atoms with Gasteiger partial charge in [-0.3, -0.25) is 4.79 Å². The second-order valence-electron chi connectivity index (χ2n) is 9.88. The number of nitrogens with one attached hydrogen (secondary N) is 3. The largest absolute Gasteiger partial charge is 0.496 e. The maximum atomic E-state index is 9.57. The number of benzene rings is 1. The van der Waals surface area contributed by atoms with E-state index in [2.05, 4.69) is 47.9 Å². The number of methoxy groups -OCH3 is 2. The first-order valence-electron chi connectivity index (χ1n) is 13.8. The Hall–Kier alpha value is -2.29. The maximum Gasteiger partial charge on any atom is 0.207 e. The van der Waals surface area contributed by atoms with Crippen LogP contribution in [0.5, 0.6) is 5.75 Å². The van der Waals surface area contributed by atoms with Gasteiger partial charge in [0.25, 0.3) is 0 Å². The summed E-state index contributed by atoms with van der Waals surface area (Å²) >= 11 is 7.30. The summed E-state index contributed by atoms with van der Waals surface area (Å²) in [5.74, 6) is 0.978. The van der Waals surface area contributed by atoms with E-state index >= 15 is 0 Å². The molecule has 7 nitrogen and oxygen atoms in total. The van der Waals surface area contributed by atoms with Gasteiger partial charge in [0.1, 0.15) is 10.9 Å². The molecule has 0 aliphatic carbocycles. The van der Waals surface area contributed by atoms with Gasteiger partial charge in [0.05, 0.1) is 12.7 Å². The van der Waals surface area contributed by atoms with Gasteiger partial charge >= 0.3 is 0 Å². The lowest BCUT2D eigenvalue weighted by atomic mass is 10.0. The van der Waals surface area contributed by atoms with E-state index in [0.29, 0.717) is 10.9 Å². The van der Waals surface area contributed by atoms with Crippen molar-refractivity contribution in [2.24, 2.45) is 0 Å². The molecule has 3 N–H and O–H groups in total. The van der Waals surface area contributed by atoms with Crippen molar-refractivity contribution in [3.05, 3.63) is 52.3 Å². The highest BCUT2D eigenvalue weighted by Gasteiger charge is 2.05. The molecule has 0 saturated heterocycles. The monoisotopic (exact) mass is 596 g/mol. The van der Waals surface area contributed by atoms with Gasteiger partial charge in [0.2, 0.25) is 6.41 Å². The van der Waals surface area contributed by atoms with E-state index < -0.39 is 0 Å².